The van der Waals surface area contributed by atoms with Gasteiger partial charge < -0.3 is 5.11 Å². The highest BCUT2D eigenvalue weighted by Crippen LogP contribution is 2.30. The van der Waals surface area contributed by atoms with E-state index in [1.165, 1.54) is 18.2 Å². The molecule has 0 heterocycles. The number of halogens is 2. The highest BCUT2D eigenvalue weighted by molar-refractivity contribution is 7.92. The molecule has 0 amide bonds. The average Bonchev–Trinajstić information content (AvgIpc) is 2.13. The molecule has 1 rings (SSSR count). The first kappa shape index (κ1) is 14.1. The highest BCUT2D eigenvalue weighted by atomic mass is 35.5. The number of sulfonamides is 1. The Morgan fingerprint density at radius 1 is 1.41 bits per heavy atom. The summed E-state index contributed by atoms with van der Waals surface area (Å²) in [4.78, 5) is 10.6. The zero-order chi connectivity index (χ0) is 13.2. The van der Waals surface area contributed by atoms with Crippen LogP contribution in [0.5, 0.6) is 0 Å². The second kappa shape index (κ2) is 5.12. The van der Waals surface area contributed by atoms with E-state index in [9.17, 15) is 13.2 Å². The minimum atomic E-state index is -3.72. The molecule has 8 heteroatoms. The molecular weight excluding hydrogens is 289 g/mol. The summed E-state index contributed by atoms with van der Waals surface area (Å²) in [5.41, 5.74) is 0.0842. The van der Waals surface area contributed by atoms with E-state index in [1.54, 1.807) is 0 Å². The van der Waals surface area contributed by atoms with Crippen LogP contribution in [0.3, 0.4) is 0 Å². The number of rotatable bonds is 4. The van der Waals surface area contributed by atoms with Gasteiger partial charge in [0.05, 0.1) is 17.0 Å². The van der Waals surface area contributed by atoms with E-state index in [0.29, 0.717) is 9.33 Å². The van der Waals surface area contributed by atoms with Gasteiger partial charge in [-0.2, -0.15) is 0 Å². The van der Waals surface area contributed by atoms with Crippen LogP contribution >= 0.6 is 23.2 Å². The Balaban J connectivity index is 3.27. The fourth-order valence-electron chi connectivity index (χ4n) is 1.19. The number of hydrogen-bond donors (Lipinski definition) is 1. The van der Waals surface area contributed by atoms with Crippen molar-refractivity contribution in [2.75, 3.05) is 17.1 Å². The Bertz CT molecular complexity index is 544. The SMILES string of the molecule is CS(=O)(=O)N(CC(=O)O)c1ccc(Cl)cc1Cl. The van der Waals surface area contributed by atoms with Gasteiger partial charge in [-0.1, -0.05) is 23.2 Å². The number of carboxylic acids is 1. The lowest BCUT2D eigenvalue weighted by Crippen LogP contribution is -2.35. The number of nitrogens with zero attached hydrogens (tertiary/aromatic N) is 1. The van der Waals surface area contributed by atoms with E-state index in [1.807, 2.05) is 0 Å². The van der Waals surface area contributed by atoms with Gasteiger partial charge in [0, 0.05) is 5.02 Å². The van der Waals surface area contributed by atoms with E-state index >= 15 is 0 Å². The standard InChI is InChI=1S/C9H9Cl2NO4S/c1-17(15,16)12(5-9(13)14)8-3-2-6(10)4-7(8)11/h2-4H,5H2,1H3,(H,13,14). The van der Waals surface area contributed by atoms with Crippen molar-refractivity contribution in [3.8, 4) is 0 Å². The van der Waals surface area contributed by atoms with Crippen LogP contribution < -0.4 is 4.31 Å². The van der Waals surface area contributed by atoms with Gasteiger partial charge in [0.15, 0.2) is 0 Å². The summed E-state index contributed by atoms with van der Waals surface area (Å²) in [6.07, 6.45) is 0.904. The van der Waals surface area contributed by atoms with Crippen molar-refractivity contribution in [3.05, 3.63) is 28.2 Å². The summed E-state index contributed by atoms with van der Waals surface area (Å²) in [5, 5.41) is 9.09. The molecule has 94 valence electrons. The molecule has 0 aromatic heterocycles. The summed E-state index contributed by atoms with van der Waals surface area (Å²) in [5.74, 6) is -1.28. The third-order valence-electron chi connectivity index (χ3n) is 1.86. The molecule has 5 nitrogen and oxygen atoms in total. The minimum absolute atomic E-state index is 0.0733. The number of anilines is 1. The van der Waals surface area contributed by atoms with Crippen molar-refractivity contribution < 1.29 is 18.3 Å². The lowest BCUT2D eigenvalue weighted by Gasteiger charge is -2.21. The minimum Gasteiger partial charge on any atom is -0.480 e. The molecule has 0 aliphatic heterocycles. The highest BCUT2D eigenvalue weighted by Gasteiger charge is 2.22. The van der Waals surface area contributed by atoms with E-state index in [0.717, 1.165) is 6.26 Å². The Morgan fingerprint density at radius 2 is 2.00 bits per heavy atom. The van der Waals surface area contributed by atoms with Gasteiger partial charge in [0.2, 0.25) is 10.0 Å². The van der Waals surface area contributed by atoms with Crippen LogP contribution in [0, 0.1) is 0 Å². The zero-order valence-corrected chi connectivity index (χ0v) is 11.1. The summed E-state index contributed by atoms with van der Waals surface area (Å²) < 4.78 is 23.7. The van der Waals surface area contributed by atoms with E-state index in [-0.39, 0.29) is 10.7 Å². The van der Waals surface area contributed by atoms with E-state index < -0.39 is 22.5 Å². The molecule has 0 saturated carbocycles. The normalized spacial score (nSPS) is 11.2. The maximum atomic E-state index is 11.5. The van der Waals surface area contributed by atoms with Gasteiger partial charge in [-0.05, 0) is 18.2 Å². The predicted octanol–water partition coefficient (Wildman–Crippen LogP) is 1.84. The predicted molar refractivity (Wildman–Crippen MR) is 66.3 cm³/mol. The molecule has 0 radical (unpaired) electrons. The van der Waals surface area contributed by atoms with Crippen LogP contribution in [0.25, 0.3) is 0 Å². The van der Waals surface area contributed by atoms with Crippen molar-refractivity contribution in [2.24, 2.45) is 0 Å². The molecule has 17 heavy (non-hydrogen) atoms. The molecule has 0 spiro atoms. The first-order chi connectivity index (χ1) is 7.71. The maximum absolute atomic E-state index is 11.5. The molecule has 0 unspecified atom stereocenters. The van der Waals surface area contributed by atoms with Gasteiger partial charge in [-0.15, -0.1) is 0 Å². The fraction of sp³-hybridized carbons (Fsp3) is 0.222. The van der Waals surface area contributed by atoms with Crippen LogP contribution in [0.2, 0.25) is 10.0 Å². The second-order valence-electron chi connectivity index (χ2n) is 3.26. The van der Waals surface area contributed by atoms with Gasteiger partial charge in [0.1, 0.15) is 6.54 Å². The molecule has 0 aliphatic carbocycles. The van der Waals surface area contributed by atoms with E-state index in [2.05, 4.69) is 0 Å². The summed E-state index contributed by atoms with van der Waals surface area (Å²) in [7, 11) is -3.72. The number of hydrogen-bond acceptors (Lipinski definition) is 3. The van der Waals surface area contributed by atoms with E-state index in [4.69, 9.17) is 28.3 Å². The van der Waals surface area contributed by atoms with Gasteiger partial charge in [0.25, 0.3) is 0 Å². The lowest BCUT2D eigenvalue weighted by atomic mass is 10.3. The topological polar surface area (TPSA) is 74.7 Å². The van der Waals surface area contributed by atoms with Gasteiger partial charge in [-0.25, -0.2) is 8.42 Å². The fourth-order valence-corrected chi connectivity index (χ4v) is 2.61. The maximum Gasteiger partial charge on any atom is 0.324 e. The molecule has 1 aromatic carbocycles. The molecule has 0 atom stereocenters. The van der Waals surface area contributed by atoms with Gasteiger partial charge >= 0.3 is 5.97 Å². The van der Waals surface area contributed by atoms with Crippen LogP contribution in [0.1, 0.15) is 0 Å². The Kier molecular flexibility index (Phi) is 4.24. The molecule has 0 aliphatic rings. The Morgan fingerprint density at radius 3 is 2.41 bits per heavy atom. The van der Waals surface area contributed by atoms with Crippen LogP contribution in [-0.4, -0.2) is 32.3 Å². The largest absolute Gasteiger partial charge is 0.480 e. The smallest absolute Gasteiger partial charge is 0.324 e. The average molecular weight is 298 g/mol. The van der Waals surface area contributed by atoms with Crippen LogP contribution in [0.15, 0.2) is 18.2 Å². The van der Waals surface area contributed by atoms with Gasteiger partial charge in [-0.3, -0.25) is 9.10 Å². The van der Waals surface area contributed by atoms with Crippen molar-refractivity contribution in [1.29, 1.82) is 0 Å². The molecule has 1 aromatic rings. The number of carbonyl (C=O) groups is 1. The lowest BCUT2D eigenvalue weighted by molar-refractivity contribution is -0.135. The molecule has 1 N–H and O–H groups in total. The van der Waals surface area contributed by atoms with Crippen molar-refractivity contribution in [3.63, 3.8) is 0 Å². The van der Waals surface area contributed by atoms with Crippen molar-refractivity contribution in [2.45, 2.75) is 0 Å². The summed E-state index contributed by atoms with van der Waals surface area (Å²) in [6, 6.07) is 4.13. The number of aliphatic carboxylic acids is 1. The first-order valence-corrected chi connectivity index (χ1v) is 6.97. The molecule has 0 saturated heterocycles. The second-order valence-corrected chi connectivity index (χ2v) is 6.01. The van der Waals surface area contributed by atoms with Crippen molar-refractivity contribution >= 4 is 44.9 Å². The number of carboxylic acid groups (broad SMARTS) is 1. The Hall–Kier alpha value is -0.980. The number of benzene rings is 1. The zero-order valence-electron chi connectivity index (χ0n) is 8.72. The first-order valence-electron chi connectivity index (χ1n) is 4.36. The van der Waals surface area contributed by atoms with Crippen LogP contribution in [0.4, 0.5) is 5.69 Å². The monoisotopic (exact) mass is 297 g/mol. The molecular formula is C9H9Cl2NO4S. The summed E-state index contributed by atoms with van der Waals surface area (Å²) >= 11 is 11.5. The third-order valence-corrected chi connectivity index (χ3v) is 3.52. The van der Waals surface area contributed by atoms with Crippen LogP contribution in [-0.2, 0) is 14.8 Å². The Labute approximate surface area is 109 Å². The third kappa shape index (κ3) is 3.76. The summed E-state index contributed by atoms with van der Waals surface area (Å²) in [6.45, 7) is -0.694. The molecule has 0 fully saturated rings. The van der Waals surface area contributed by atoms with Crippen molar-refractivity contribution in [1.82, 2.24) is 0 Å². The quantitative estimate of drug-likeness (QED) is 0.920. The molecule has 0 bridgehead atoms.